The molecular weight excluding hydrogens is 350 g/mol. The van der Waals surface area contributed by atoms with Gasteiger partial charge in [-0.2, -0.15) is 8.78 Å². The molecular formula is C20H34F2N4O. The molecule has 0 amide bonds. The van der Waals surface area contributed by atoms with Gasteiger partial charge < -0.3 is 20.3 Å². The van der Waals surface area contributed by atoms with Crippen molar-refractivity contribution < 1.29 is 13.5 Å². The van der Waals surface area contributed by atoms with Gasteiger partial charge in [0.05, 0.1) is 6.54 Å². The quantitative estimate of drug-likeness (QED) is 0.327. The Morgan fingerprint density at radius 2 is 1.89 bits per heavy atom. The van der Waals surface area contributed by atoms with E-state index in [4.69, 9.17) is 0 Å². The molecule has 1 aromatic carbocycles. The van der Waals surface area contributed by atoms with Gasteiger partial charge in [-0.1, -0.05) is 31.5 Å². The first kappa shape index (κ1) is 23.1. The van der Waals surface area contributed by atoms with Crippen LogP contribution in [0.25, 0.3) is 0 Å². The Hall–Kier alpha value is -1.89. The second kappa shape index (κ2) is 13.3. The lowest BCUT2D eigenvalue weighted by Gasteiger charge is -2.18. The molecule has 0 aliphatic heterocycles. The summed E-state index contributed by atoms with van der Waals surface area (Å²) in [4.78, 5) is 6.92. The van der Waals surface area contributed by atoms with Crippen molar-refractivity contribution in [2.24, 2.45) is 4.99 Å². The lowest BCUT2D eigenvalue weighted by molar-refractivity contribution is -0.0504. The van der Waals surface area contributed by atoms with Crippen LogP contribution >= 0.6 is 0 Å². The number of halogens is 2. The molecule has 7 heteroatoms. The standard InChI is InChI=1S/C20H34F2N4O/c1-5-23-20(24-12-8-9-13-26(6-2)7-3)25-15-17-14-16(4)10-11-18(17)27-19(21)22/h10-11,14,19H,5-9,12-13,15H2,1-4H3,(H2,23,24,25). The van der Waals surface area contributed by atoms with Crippen molar-refractivity contribution in [2.75, 3.05) is 32.7 Å². The van der Waals surface area contributed by atoms with Gasteiger partial charge in [0.2, 0.25) is 0 Å². The first-order valence-electron chi connectivity index (χ1n) is 9.78. The zero-order chi connectivity index (χ0) is 20.1. The van der Waals surface area contributed by atoms with Crippen LogP contribution in [0.15, 0.2) is 23.2 Å². The van der Waals surface area contributed by atoms with E-state index >= 15 is 0 Å². The minimum atomic E-state index is -2.84. The molecule has 5 nitrogen and oxygen atoms in total. The molecule has 2 N–H and O–H groups in total. The third-order valence-corrected chi connectivity index (χ3v) is 4.27. The van der Waals surface area contributed by atoms with E-state index in [0.29, 0.717) is 11.5 Å². The topological polar surface area (TPSA) is 48.9 Å². The summed E-state index contributed by atoms with van der Waals surface area (Å²) in [5, 5.41) is 6.50. The van der Waals surface area contributed by atoms with E-state index < -0.39 is 6.61 Å². The maximum atomic E-state index is 12.6. The van der Waals surface area contributed by atoms with Gasteiger partial charge in [-0.3, -0.25) is 0 Å². The van der Waals surface area contributed by atoms with Gasteiger partial charge in [-0.25, -0.2) is 4.99 Å². The molecule has 1 aromatic rings. The van der Waals surface area contributed by atoms with Crippen LogP contribution in [-0.2, 0) is 6.54 Å². The maximum absolute atomic E-state index is 12.6. The van der Waals surface area contributed by atoms with E-state index in [1.54, 1.807) is 12.1 Å². The van der Waals surface area contributed by atoms with Gasteiger partial charge in [0, 0.05) is 18.7 Å². The average molecular weight is 385 g/mol. The largest absolute Gasteiger partial charge is 0.434 e. The van der Waals surface area contributed by atoms with Crippen molar-refractivity contribution in [3.8, 4) is 5.75 Å². The summed E-state index contributed by atoms with van der Waals surface area (Å²) < 4.78 is 29.8. The molecule has 0 saturated carbocycles. The van der Waals surface area contributed by atoms with Gasteiger partial charge in [-0.15, -0.1) is 0 Å². The molecule has 0 spiro atoms. The van der Waals surface area contributed by atoms with Crippen molar-refractivity contribution in [1.82, 2.24) is 15.5 Å². The number of ether oxygens (including phenoxy) is 1. The molecule has 0 radical (unpaired) electrons. The van der Waals surface area contributed by atoms with E-state index in [9.17, 15) is 8.78 Å². The lowest BCUT2D eigenvalue weighted by Crippen LogP contribution is -2.38. The SMILES string of the molecule is CCNC(=NCc1cc(C)ccc1OC(F)F)NCCCCN(CC)CC. The monoisotopic (exact) mass is 384 g/mol. The fourth-order valence-corrected chi connectivity index (χ4v) is 2.76. The minimum Gasteiger partial charge on any atom is -0.434 e. The van der Waals surface area contributed by atoms with Crippen LogP contribution in [0.1, 0.15) is 44.7 Å². The molecule has 0 unspecified atom stereocenters. The molecule has 0 aromatic heterocycles. The molecule has 1 rings (SSSR count). The van der Waals surface area contributed by atoms with E-state index in [1.165, 1.54) is 0 Å². The Bertz CT molecular complexity index is 563. The summed E-state index contributed by atoms with van der Waals surface area (Å²) in [5.74, 6) is 0.860. The Labute approximate surface area is 162 Å². The Morgan fingerprint density at radius 3 is 2.52 bits per heavy atom. The maximum Gasteiger partial charge on any atom is 0.387 e. The molecule has 154 valence electrons. The summed E-state index contributed by atoms with van der Waals surface area (Å²) in [6, 6.07) is 5.15. The number of hydrogen-bond acceptors (Lipinski definition) is 3. The molecule has 0 aliphatic rings. The van der Waals surface area contributed by atoms with Gasteiger partial charge in [-0.05, 0) is 52.4 Å². The van der Waals surface area contributed by atoms with E-state index in [0.717, 1.165) is 51.1 Å². The Morgan fingerprint density at radius 1 is 1.15 bits per heavy atom. The highest BCUT2D eigenvalue weighted by Crippen LogP contribution is 2.22. The zero-order valence-electron chi connectivity index (χ0n) is 17.0. The lowest BCUT2D eigenvalue weighted by atomic mass is 10.1. The highest BCUT2D eigenvalue weighted by molar-refractivity contribution is 5.79. The van der Waals surface area contributed by atoms with Crippen LogP contribution in [0.4, 0.5) is 8.78 Å². The third-order valence-electron chi connectivity index (χ3n) is 4.27. The first-order valence-corrected chi connectivity index (χ1v) is 9.78. The molecule has 0 aliphatic carbocycles. The number of guanidine groups is 1. The molecule has 0 atom stereocenters. The molecule has 0 heterocycles. The predicted molar refractivity (Wildman–Crippen MR) is 108 cm³/mol. The van der Waals surface area contributed by atoms with E-state index in [2.05, 4.69) is 39.1 Å². The van der Waals surface area contributed by atoms with Gasteiger partial charge in [0.1, 0.15) is 5.75 Å². The van der Waals surface area contributed by atoms with Crippen LogP contribution in [-0.4, -0.2) is 50.2 Å². The molecule has 0 fully saturated rings. The van der Waals surface area contributed by atoms with Crippen LogP contribution in [0, 0.1) is 6.92 Å². The highest BCUT2D eigenvalue weighted by atomic mass is 19.3. The highest BCUT2D eigenvalue weighted by Gasteiger charge is 2.10. The van der Waals surface area contributed by atoms with E-state index in [1.807, 2.05) is 19.9 Å². The summed E-state index contributed by atoms with van der Waals surface area (Å²) in [5.41, 5.74) is 1.63. The summed E-state index contributed by atoms with van der Waals surface area (Å²) in [6.45, 7) is 10.5. The number of aliphatic imine (C=N–C) groups is 1. The van der Waals surface area contributed by atoms with Crippen molar-refractivity contribution in [1.29, 1.82) is 0 Å². The number of unbranched alkanes of at least 4 members (excludes halogenated alkanes) is 1. The number of nitrogens with one attached hydrogen (secondary N) is 2. The molecule has 0 saturated heterocycles. The summed E-state index contributed by atoms with van der Waals surface area (Å²) in [7, 11) is 0. The zero-order valence-corrected chi connectivity index (χ0v) is 17.0. The van der Waals surface area contributed by atoms with Crippen LogP contribution in [0.3, 0.4) is 0 Å². The fourth-order valence-electron chi connectivity index (χ4n) is 2.76. The van der Waals surface area contributed by atoms with Crippen molar-refractivity contribution in [2.45, 2.75) is 53.7 Å². The van der Waals surface area contributed by atoms with Crippen molar-refractivity contribution >= 4 is 5.96 Å². The second-order valence-corrected chi connectivity index (χ2v) is 6.35. The van der Waals surface area contributed by atoms with Crippen LogP contribution in [0.2, 0.25) is 0 Å². The van der Waals surface area contributed by atoms with Gasteiger partial charge in [0.15, 0.2) is 5.96 Å². The van der Waals surface area contributed by atoms with Crippen LogP contribution in [0.5, 0.6) is 5.75 Å². The van der Waals surface area contributed by atoms with Gasteiger partial charge in [0.25, 0.3) is 0 Å². The minimum absolute atomic E-state index is 0.175. The van der Waals surface area contributed by atoms with Crippen molar-refractivity contribution in [3.05, 3.63) is 29.3 Å². The smallest absolute Gasteiger partial charge is 0.387 e. The number of rotatable bonds is 12. The third kappa shape index (κ3) is 9.56. The van der Waals surface area contributed by atoms with Crippen LogP contribution < -0.4 is 15.4 Å². The summed E-state index contributed by atoms with van der Waals surface area (Å²) >= 11 is 0. The number of benzene rings is 1. The van der Waals surface area contributed by atoms with Crippen molar-refractivity contribution in [3.63, 3.8) is 0 Å². The molecule has 0 bridgehead atoms. The fraction of sp³-hybridized carbons (Fsp3) is 0.650. The first-order chi connectivity index (χ1) is 13.0. The second-order valence-electron chi connectivity index (χ2n) is 6.35. The summed E-state index contributed by atoms with van der Waals surface area (Å²) in [6.07, 6.45) is 2.17. The Kier molecular flexibility index (Phi) is 11.4. The molecule has 27 heavy (non-hydrogen) atoms. The van der Waals surface area contributed by atoms with Gasteiger partial charge >= 0.3 is 6.61 Å². The average Bonchev–Trinajstić information content (AvgIpc) is 2.64. The normalized spacial score (nSPS) is 11.9. The number of alkyl halides is 2. The predicted octanol–water partition coefficient (Wildman–Crippen LogP) is 3.77. The number of aryl methyl sites for hydroxylation is 1. The van der Waals surface area contributed by atoms with E-state index in [-0.39, 0.29) is 12.3 Å². The number of nitrogens with zero attached hydrogens (tertiary/aromatic N) is 2. The Balaban J connectivity index is 2.59. The number of hydrogen-bond donors (Lipinski definition) is 2.